The molecule has 0 fully saturated rings. The summed E-state index contributed by atoms with van der Waals surface area (Å²) in [5, 5.41) is 3.12. The SMILES string of the molecule is CCOC(=O)/C(N)=N\OC(=O)c1ccc(F)cc1. The van der Waals surface area contributed by atoms with Crippen molar-refractivity contribution in [1.82, 2.24) is 0 Å². The van der Waals surface area contributed by atoms with E-state index in [2.05, 4.69) is 14.7 Å². The maximum Gasteiger partial charge on any atom is 0.377 e. The first kappa shape index (κ1) is 13.6. The lowest BCUT2D eigenvalue weighted by Gasteiger charge is -2.00. The first-order valence-corrected chi connectivity index (χ1v) is 5.02. The Morgan fingerprint density at radius 1 is 1.33 bits per heavy atom. The summed E-state index contributed by atoms with van der Waals surface area (Å²) in [5.41, 5.74) is 5.27. The minimum Gasteiger partial charge on any atom is -0.460 e. The van der Waals surface area contributed by atoms with E-state index in [9.17, 15) is 14.0 Å². The van der Waals surface area contributed by atoms with E-state index in [0.29, 0.717) is 0 Å². The maximum atomic E-state index is 12.6. The highest BCUT2D eigenvalue weighted by atomic mass is 19.1. The van der Waals surface area contributed by atoms with Gasteiger partial charge in [-0.05, 0) is 36.3 Å². The Hall–Kier alpha value is -2.44. The second kappa shape index (κ2) is 6.33. The van der Waals surface area contributed by atoms with E-state index in [1.165, 1.54) is 12.1 Å². The summed E-state index contributed by atoms with van der Waals surface area (Å²) in [4.78, 5) is 26.8. The average molecular weight is 254 g/mol. The van der Waals surface area contributed by atoms with Crippen molar-refractivity contribution in [3.8, 4) is 0 Å². The van der Waals surface area contributed by atoms with E-state index in [1.807, 2.05) is 0 Å². The highest BCUT2D eigenvalue weighted by molar-refractivity contribution is 6.34. The van der Waals surface area contributed by atoms with Gasteiger partial charge in [0.05, 0.1) is 12.2 Å². The van der Waals surface area contributed by atoms with Crippen LogP contribution in [0.15, 0.2) is 29.4 Å². The number of nitrogens with two attached hydrogens (primary N) is 1. The van der Waals surface area contributed by atoms with Gasteiger partial charge in [0.25, 0.3) is 0 Å². The van der Waals surface area contributed by atoms with Crippen LogP contribution in [0.5, 0.6) is 0 Å². The third-order valence-corrected chi connectivity index (χ3v) is 1.79. The van der Waals surface area contributed by atoms with Crippen LogP contribution in [0.1, 0.15) is 17.3 Å². The van der Waals surface area contributed by atoms with Gasteiger partial charge in [-0.25, -0.2) is 14.0 Å². The molecule has 0 aliphatic heterocycles. The molecule has 0 unspecified atom stereocenters. The summed E-state index contributed by atoms with van der Waals surface area (Å²) < 4.78 is 17.1. The summed E-state index contributed by atoms with van der Waals surface area (Å²) >= 11 is 0. The van der Waals surface area contributed by atoms with Crippen LogP contribution in [0, 0.1) is 5.82 Å². The number of carbonyl (C=O) groups is 2. The molecule has 7 heteroatoms. The molecular formula is C11H11FN2O4. The molecule has 0 aliphatic carbocycles. The third-order valence-electron chi connectivity index (χ3n) is 1.79. The third kappa shape index (κ3) is 3.85. The maximum absolute atomic E-state index is 12.6. The molecule has 18 heavy (non-hydrogen) atoms. The Labute approximate surface area is 102 Å². The van der Waals surface area contributed by atoms with Gasteiger partial charge in [-0.15, -0.1) is 0 Å². The molecule has 2 N–H and O–H groups in total. The molecule has 1 aromatic rings. The van der Waals surface area contributed by atoms with E-state index in [-0.39, 0.29) is 12.2 Å². The van der Waals surface area contributed by atoms with E-state index in [0.717, 1.165) is 12.1 Å². The van der Waals surface area contributed by atoms with Crippen LogP contribution in [0.4, 0.5) is 4.39 Å². The second-order valence-corrected chi connectivity index (χ2v) is 3.08. The summed E-state index contributed by atoms with van der Waals surface area (Å²) in [7, 11) is 0. The number of rotatable bonds is 3. The van der Waals surface area contributed by atoms with Gasteiger partial charge in [0.15, 0.2) is 0 Å². The molecule has 0 aromatic heterocycles. The molecule has 0 saturated heterocycles. The van der Waals surface area contributed by atoms with Gasteiger partial charge in [-0.2, -0.15) is 0 Å². The predicted molar refractivity (Wildman–Crippen MR) is 60.1 cm³/mol. The topological polar surface area (TPSA) is 91.0 Å². The smallest absolute Gasteiger partial charge is 0.377 e. The van der Waals surface area contributed by atoms with E-state index in [1.54, 1.807) is 6.92 Å². The summed E-state index contributed by atoms with van der Waals surface area (Å²) in [5.74, 6) is -2.81. The molecular weight excluding hydrogens is 243 g/mol. The number of benzene rings is 1. The first-order valence-electron chi connectivity index (χ1n) is 5.02. The van der Waals surface area contributed by atoms with Gasteiger partial charge in [0.2, 0.25) is 5.84 Å². The summed E-state index contributed by atoms with van der Waals surface area (Å²) in [6, 6.07) is 4.62. The molecule has 0 amide bonds. The fourth-order valence-corrected chi connectivity index (χ4v) is 0.972. The van der Waals surface area contributed by atoms with Crippen molar-refractivity contribution in [2.45, 2.75) is 6.92 Å². The first-order chi connectivity index (χ1) is 8.54. The molecule has 0 spiro atoms. The molecule has 0 aliphatic rings. The zero-order valence-electron chi connectivity index (χ0n) is 9.55. The van der Waals surface area contributed by atoms with E-state index < -0.39 is 23.6 Å². The van der Waals surface area contributed by atoms with Gasteiger partial charge in [0.1, 0.15) is 5.82 Å². The molecule has 0 bridgehead atoms. The molecule has 1 aromatic carbocycles. The van der Waals surface area contributed by atoms with Crippen molar-refractivity contribution in [3.63, 3.8) is 0 Å². The van der Waals surface area contributed by atoms with Crippen LogP contribution in [0.3, 0.4) is 0 Å². The average Bonchev–Trinajstić information content (AvgIpc) is 2.36. The van der Waals surface area contributed by atoms with Crippen molar-refractivity contribution >= 4 is 17.8 Å². The van der Waals surface area contributed by atoms with Crippen molar-refractivity contribution in [1.29, 1.82) is 0 Å². The Morgan fingerprint density at radius 3 is 2.50 bits per heavy atom. The number of halogens is 1. The number of hydrogen-bond donors (Lipinski definition) is 1. The largest absolute Gasteiger partial charge is 0.460 e. The molecule has 0 atom stereocenters. The van der Waals surface area contributed by atoms with E-state index >= 15 is 0 Å². The number of ether oxygens (including phenoxy) is 1. The number of esters is 1. The minimum absolute atomic E-state index is 0.0804. The zero-order valence-corrected chi connectivity index (χ0v) is 9.55. The van der Waals surface area contributed by atoms with Crippen LogP contribution in [-0.2, 0) is 14.4 Å². The van der Waals surface area contributed by atoms with Gasteiger partial charge in [-0.3, -0.25) is 0 Å². The Kier molecular flexibility index (Phi) is 4.79. The molecule has 1 rings (SSSR count). The Morgan fingerprint density at radius 2 is 1.94 bits per heavy atom. The van der Waals surface area contributed by atoms with Gasteiger partial charge < -0.3 is 15.3 Å². The van der Waals surface area contributed by atoms with Gasteiger partial charge >= 0.3 is 11.9 Å². The Balaban J connectivity index is 2.63. The number of carbonyl (C=O) groups excluding carboxylic acids is 2. The highest BCUT2D eigenvalue weighted by Crippen LogP contribution is 2.04. The fraction of sp³-hybridized carbons (Fsp3) is 0.182. The lowest BCUT2D eigenvalue weighted by molar-refractivity contribution is -0.135. The van der Waals surface area contributed by atoms with Gasteiger partial charge in [0, 0.05) is 0 Å². The minimum atomic E-state index is -0.885. The summed E-state index contributed by atoms with van der Waals surface area (Å²) in [6.45, 7) is 1.72. The molecule has 0 heterocycles. The van der Waals surface area contributed by atoms with Crippen LogP contribution in [-0.4, -0.2) is 24.4 Å². The standard InChI is InChI=1S/C11H11FN2O4/c1-2-17-11(16)9(13)14-18-10(15)7-3-5-8(12)6-4-7/h3-6H,2H2,1H3,(H2,13,14). The lowest BCUT2D eigenvalue weighted by Crippen LogP contribution is -2.26. The van der Waals surface area contributed by atoms with Crippen molar-refractivity contribution in [3.05, 3.63) is 35.6 Å². The van der Waals surface area contributed by atoms with Crippen LogP contribution in [0.25, 0.3) is 0 Å². The van der Waals surface area contributed by atoms with E-state index in [4.69, 9.17) is 5.73 Å². The molecule has 96 valence electrons. The fourth-order valence-electron chi connectivity index (χ4n) is 0.972. The highest BCUT2D eigenvalue weighted by Gasteiger charge is 2.11. The zero-order chi connectivity index (χ0) is 13.5. The quantitative estimate of drug-likeness (QED) is 0.283. The Bertz CT molecular complexity index is 470. The molecule has 6 nitrogen and oxygen atoms in total. The number of nitrogens with zero attached hydrogens (tertiary/aromatic N) is 1. The van der Waals surface area contributed by atoms with Crippen LogP contribution < -0.4 is 5.73 Å². The van der Waals surface area contributed by atoms with Crippen molar-refractivity contribution < 1.29 is 23.6 Å². The molecule has 0 saturated carbocycles. The normalized spacial score (nSPS) is 10.9. The predicted octanol–water partition coefficient (Wildman–Crippen LogP) is 0.818. The number of hydrogen-bond acceptors (Lipinski definition) is 5. The van der Waals surface area contributed by atoms with Gasteiger partial charge in [-0.1, -0.05) is 0 Å². The number of oxime groups is 1. The van der Waals surface area contributed by atoms with Crippen LogP contribution in [0.2, 0.25) is 0 Å². The molecule has 0 radical (unpaired) electrons. The lowest BCUT2D eigenvalue weighted by atomic mass is 10.2. The number of amidine groups is 1. The van der Waals surface area contributed by atoms with Crippen molar-refractivity contribution in [2.75, 3.05) is 6.61 Å². The monoisotopic (exact) mass is 254 g/mol. The van der Waals surface area contributed by atoms with Crippen molar-refractivity contribution in [2.24, 2.45) is 10.9 Å². The second-order valence-electron chi connectivity index (χ2n) is 3.08. The summed E-state index contributed by atoms with van der Waals surface area (Å²) in [6.07, 6.45) is 0. The van der Waals surface area contributed by atoms with Crippen LogP contribution >= 0.6 is 0 Å².